The van der Waals surface area contributed by atoms with Crippen molar-refractivity contribution in [3.05, 3.63) is 64.9 Å². The lowest BCUT2D eigenvalue weighted by molar-refractivity contribution is 0.301. The van der Waals surface area contributed by atoms with Gasteiger partial charge in [-0.05, 0) is 65.2 Å². The molecule has 7 nitrogen and oxygen atoms in total. The average molecular weight is 434 g/mol. The molecule has 2 aromatic carbocycles. The average Bonchev–Trinajstić information content (AvgIpc) is 3.18. The minimum Gasteiger partial charge on any atom is -0.300 e. The van der Waals surface area contributed by atoms with Crippen molar-refractivity contribution in [2.45, 2.75) is 43.7 Å². The zero-order chi connectivity index (χ0) is 21.1. The van der Waals surface area contributed by atoms with E-state index in [2.05, 4.69) is 34.7 Å². The number of nitrogens with zero attached hydrogens (tertiary/aromatic N) is 4. The lowest BCUT2D eigenvalue weighted by atomic mass is 9.84. The van der Waals surface area contributed by atoms with Crippen molar-refractivity contribution in [1.82, 2.24) is 25.5 Å². The first-order valence-electron chi connectivity index (χ1n) is 9.38. The quantitative estimate of drug-likeness (QED) is 0.584. The summed E-state index contributed by atoms with van der Waals surface area (Å²) < 4.78 is 24.9. The van der Waals surface area contributed by atoms with Gasteiger partial charge in [0.2, 0.25) is 0 Å². The Labute approximate surface area is 176 Å². The van der Waals surface area contributed by atoms with Gasteiger partial charge in [0.1, 0.15) is 0 Å². The molecule has 0 aliphatic heterocycles. The first-order chi connectivity index (χ1) is 13.8. The van der Waals surface area contributed by atoms with Crippen molar-refractivity contribution < 1.29 is 8.42 Å². The van der Waals surface area contributed by atoms with Gasteiger partial charge < -0.3 is 5.32 Å². The predicted octanol–water partition coefficient (Wildman–Crippen LogP) is 3.52. The number of rotatable bonds is 8. The Morgan fingerprint density at radius 2 is 1.66 bits per heavy atom. The molecule has 3 aromatic rings. The summed E-state index contributed by atoms with van der Waals surface area (Å²) in [7, 11) is -3.25. The fourth-order valence-electron chi connectivity index (χ4n) is 3.38. The highest BCUT2D eigenvalue weighted by atomic mass is 35.5. The number of sulfone groups is 1. The fourth-order valence-corrected chi connectivity index (χ4v) is 4.13. The topological polar surface area (TPSA) is 89.8 Å². The van der Waals surface area contributed by atoms with Crippen LogP contribution in [0.15, 0.2) is 53.4 Å². The highest BCUT2D eigenvalue weighted by Crippen LogP contribution is 2.30. The second-order valence-electron chi connectivity index (χ2n) is 6.92. The van der Waals surface area contributed by atoms with Gasteiger partial charge >= 0.3 is 0 Å². The van der Waals surface area contributed by atoms with E-state index in [1.165, 1.54) is 6.26 Å². The normalized spacial score (nSPS) is 12.3. The molecule has 0 aliphatic rings. The Morgan fingerprint density at radius 1 is 1.03 bits per heavy atom. The minimum atomic E-state index is -3.25. The van der Waals surface area contributed by atoms with Crippen LogP contribution in [0.5, 0.6) is 0 Å². The van der Waals surface area contributed by atoms with Crippen molar-refractivity contribution in [2.24, 2.45) is 0 Å². The third-order valence-corrected chi connectivity index (χ3v) is 6.61. The first kappa shape index (κ1) is 21.4. The molecular weight excluding hydrogens is 410 g/mol. The number of aromatic nitrogens is 4. The molecule has 9 heteroatoms. The Morgan fingerprint density at radius 3 is 2.21 bits per heavy atom. The molecule has 0 radical (unpaired) electrons. The SMILES string of the molecule is CCC(CC)(NCc1nnnn1-c1ccc(S(C)(=O)=O)cc1)c1ccc(Cl)cc1. The van der Waals surface area contributed by atoms with E-state index in [4.69, 9.17) is 11.6 Å². The fraction of sp³-hybridized carbons (Fsp3) is 0.350. The molecule has 0 aliphatic carbocycles. The Bertz CT molecular complexity index is 1060. The van der Waals surface area contributed by atoms with Gasteiger partial charge in [-0.3, -0.25) is 0 Å². The van der Waals surface area contributed by atoms with Crippen LogP contribution in [0.3, 0.4) is 0 Å². The van der Waals surface area contributed by atoms with E-state index in [1.807, 2.05) is 24.3 Å². The van der Waals surface area contributed by atoms with Crippen molar-refractivity contribution in [1.29, 1.82) is 0 Å². The Hall–Kier alpha value is -2.29. The molecular formula is C20H24ClN5O2S. The van der Waals surface area contributed by atoms with E-state index in [1.54, 1.807) is 28.9 Å². The molecule has 0 saturated carbocycles. The van der Waals surface area contributed by atoms with Gasteiger partial charge in [-0.15, -0.1) is 5.10 Å². The maximum Gasteiger partial charge on any atom is 0.175 e. The van der Waals surface area contributed by atoms with Gasteiger partial charge in [0.15, 0.2) is 15.7 Å². The molecule has 0 saturated heterocycles. The summed E-state index contributed by atoms with van der Waals surface area (Å²) in [5, 5.41) is 16.3. The van der Waals surface area contributed by atoms with Crippen molar-refractivity contribution in [2.75, 3.05) is 6.26 Å². The third-order valence-electron chi connectivity index (χ3n) is 5.23. The predicted molar refractivity (Wildman–Crippen MR) is 113 cm³/mol. The highest BCUT2D eigenvalue weighted by Gasteiger charge is 2.28. The molecule has 29 heavy (non-hydrogen) atoms. The van der Waals surface area contributed by atoms with E-state index in [0.717, 1.165) is 18.4 Å². The number of halogens is 1. The number of hydrogen-bond acceptors (Lipinski definition) is 6. The van der Waals surface area contributed by atoms with Crippen molar-refractivity contribution in [3.63, 3.8) is 0 Å². The van der Waals surface area contributed by atoms with Crippen LogP contribution < -0.4 is 5.32 Å². The van der Waals surface area contributed by atoms with Crippen LogP contribution in [-0.2, 0) is 21.9 Å². The summed E-state index contributed by atoms with van der Waals surface area (Å²) in [5.41, 5.74) is 1.62. The van der Waals surface area contributed by atoms with Crippen molar-refractivity contribution in [3.8, 4) is 5.69 Å². The number of benzene rings is 2. The summed E-state index contributed by atoms with van der Waals surface area (Å²) >= 11 is 6.05. The second kappa shape index (κ2) is 8.61. The first-order valence-corrected chi connectivity index (χ1v) is 11.6. The summed E-state index contributed by atoms with van der Waals surface area (Å²) in [6.07, 6.45) is 2.95. The number of nitrogens with one attached hydrogen (secondary N) is 1. The van der Waals surface area contributed by atoms with Gasteiger partial charge in [-0.2, -0.15) is 4.68 Å². The Kier molecular flexibility index (Phi) is 6.36. The van der Waals surface area contributed by atoms with Crippen LogP contribution in [-0.4, -0.2) is 34.9 Å². The molecule has 154 valence electrons. The second-order valence-corrected chi connectivity index (χ2v) is 9.37. The minimum absolute atomic E-state index is 0.235. The van der Waals surface area contributed by atoms with Crippen LogP contribution >= 0.6 is 11.6 Å². The van der Waals surface area contributed by atoms with E-state index in [-0.39, 0.29) is 10.4 Å². The molecule has 0 amide bonds. The van der Waals surface area contributed by atoms with Gasteiger partial charge in [-0.1, -0.05) is 37.6 Å². The van der Waals surface area contributed by atoms with Gasteiger partial charge in [-0.25, -0.2) is 8.42 Å². The summed E-state index contributed by atoms with van der Waals surface area (Å²) in [6, 6.07) is 14.4. The van der Waals surface area contributed by atoms with Crippen LogP contribution in [0, 0.1) is 0 Å². The summed E-state index contributed by atoms with van der Waals surface area (Å²) in [5.74, 6) is 0.636. The molecule has 0 atom stereocenters. The zero-order valence-corrected chi connectivity index (χ0v) is 18.2. The maximum atomic E-state index is 11.7. The number of tetrazole rings is 1. The number of hydrogen-bond donors (Lipinski definition) is 1. The zero-order valence-electron chi connectivity index (χ0n) is 16.6. The lowest BCUT2D eigenvalue weighted by Crippen LogP contribution is -2.41. The standard InChI is InChI=1S/C20H24ClN5O2S/c1-4-20(5-2,15-6-8-16(21)9-7-15)22-14-19-23-24-25-26(19)17-10-12-18(13-11-17)29(3,27)28/h6-13,22H,4-5,14H2,1-3H3. The summed E-state index contributed by atoms with van der Waals surface area (Å²) in [4.78, 5) is 0.257. The van der Waals surface area contributed by atoms with E-state index in [9.17, 15) is 8.42 Å². The smallest absolute Gasteiger partial charge is 0.175 e. The van der Waals surface area contributed by atoms with Crippen LogP contribution in [0.2, 0.25) is 5.02 Å². The molecule has 1 heterocycles. The molecule has 0 fully saturated rings. The van der Waals surface area contributed by atoms with Gasteiger partial charge in [0.05, 0.1) is 17.1 Å². The molecule has 1 aromatic heterocycles. The van der Waals surface area contributed by atoms with Gasteiger partial charge in [0.25, 0.3) is 0 Å². The lowest BCUT2D eigenvalue weighted by Gasteiger charge is -2.33. The highest BCUT2D eigenvalue weighted by molar-refractivity contribution is 7.90. The Balaban J connectivity index is 1.84. The maximum absolute atomic E-state index is 11.7. The van der Waals surface area contributed by atoms with E-state index in [0.29, 0.717) is 23.1 Å². The molecule has 0 unspecified atom stereocenters. The van der Waals surface area contributed by atoms with Crippen LogP contribution in [0.4, 0.5) is 0 Å². The van der Waals surface area contributed by atoms with Crippen LogP contribution in [0.25, 0.3) is 5.69 Å². The van der Waals surface area contributed by atoms with Crippen LogP contribution in [0.1, 0.15) is 38.1 Å². The molecule has 1 N–H and O–H groups in total. The van der Waals surface area contributed by atoms with E-state index < -0.39 is 9.84 Å². The van der Waals surface area contributed by atoms with E-state index >= 15 is 0 Å². The van der Waals surface area contributed by atoms with Crippen molar-refractivity contribution >= 4 is 21.4 Å². The third kappa shape index (κ3) is 4.66. The molecule has 3 rings (SSSR count). The molecule has 0 spiro atoms. The monoisotopic (exact) mass is 433 g/mol. The molecule has 0 bridgehead atoms. The largest absolute Gasteiger partial charge is 0.300 e. The van der Waals surface area contributed by atoms with Gasteiger partial charge in [0, 0.05) is 16.8 Å². The summed E-state index contributed by atoms with van der Waals surface area (Å²) in [6.45, 7) is 4.72.